The number of nitrogens with zero attached hydrogens (tertiary/aromatic N) is 12. The molecule has 13 fully saturated rings. The number of nitrogens with one attached hydrogen (secondary N) is 8. The van der Waals surface area contributed by atoms with Crippen LogP contribution in [0.15, 0.2) is 0 Å². The van der Waals surface area contributed by atoms with Gasteiger partial charge in [0.25, 0.3) is 0 Å². The predicted molar refractivity (Wildman–Crippen MR) is 438 cm³/mol. The van der Waals surface area contributed by atoms with Crippen LogP contribution in [0.2, 0.25) is 0 Å². The molecular weight excluding hydrogens is 1710 g/mol. The van der Waals surface area contributed by atoms with Crippen molar-refractivity contribution in [2.24, 2.45) is 0 Å². The highest BCUT2D eigenvalue weighted by Gasteiger charge is 2.53. The summed E-state index contributed by atoms with van der Waals surface area (Å²) in [4.78, 5) is 289. The van der Waals surface area contributed by atoms with E-state index in [1.165, 1.54) is 34.3 Å². The zero-order valence-electron chi connectivity index (χ0n) is 70.9. The zero-order chi connectivity index (χ0) is 92.0. The average molecular weight is 1820 g/mol. The molecule has 13 aliphatic rings. The van der Waals surface area contributed by atoms with Gasteiger partial charge in [0.05, 0.1) is 81.9 Å². The summed E-state index contributed by atoms with van der Waals surface area (Å²) in [6, 6.07) is -15.9. The molecule has 48 heteroatoms. The second-order valence-electron chi connectivity index (χ2n) is 35.4. The summed E-state index contributed by atoms with van der Waals surface area (Å²) in [5, 5.41) is 93.9. The molecule has 47 nitrogen and oxygen atoms in total. The number of aliphatic carboxylic acids is 1. The van der Waals surface area contributed by atoms with E-state index in [9.17, 15) is 132 Å². The number of aliphatic hydroxyl groups is 6. The summed E-state index contributed by atoms with van der Waals surface area (Å²) in [6.07, 6.45) is -3.27. The van der Waals surface area contributed by atoms with Crippen LogP contribution in [0.5, 0.6) is 0 Å². The molecule has 13 heterocycles. The van der Waals surface area contributed by atoms with Crippen LogP contribution in [0.3, 0.4) is 0 Å². The van der Waals surface area contributed by atoms with Crippen LogP contribution in [0, 0.1) is 0 Å². The topological polar surface area (TPSA) is 618 Å². The van der Waals surface area contributed by atoms with Crippen molar-refractivity contribution in [2.45, 2.75) is 250 Å². The molecule has 15 N–H and O–H groups in total. The molecule has 13 aliphatic heterocycles. The van der Waals surface area contributed by atoms with E-state index in [0.29, 0.717) is 57.9 Å². The summed E-state index contributed by atoms with van der Waals surface area (Å²) >= 11 is 4.30. The van der Waals surface area contributed by atoms with Crippen molar-refractivity contribution in [3.05, 3.63) is 0 Å². The predicted octanol–water partition coefficient (Wildman–Crippen LogP) is -12.3. The fourth-order valence-corrected chi connectivity index (χ4v) is 20.9. The van der Waals surface area contributed by atoms with Crippen LogP contribution < -0.4 is 42.5 Å². The normalized spacial score (nSPS) is 30.6. The molecular formula is C80H116N20O27S. The number of thiol groups is 1. The Hall–Kier alpha value is -10.5. The molecule has 0 aromatic rings. The molecule has 13 rings (SSSR count). The number of amides is 19. The quantitative estimate of drug-likeness (QED) is 0.0324. The first-order chi connectivity index (χ1) is 61.1. The number of carbonyl (C=O) groups excluding carboxylic acids is 19. The molecule has 0 saturated carbocycles. The first-order valence-corrected chi connectivity index (χ1v) is 45.0. The lowest BCUT2D eigenvalue weighted by atomic mass is 10.1. The van der Waals surface area contributed by atoms with Crippen molar-refractivity contribution in [3.8, 4) is 0 Å². The summed E-state index contributed by atoms with van der Waals surface area (Å²) in [5.41, 5.74) is 0. The number of likely N-dealkylation sites (tertiary alicyclic amines) is 12. The fraction of sp³-hybridized carbons (Fsp3) is 0.750. The maximum absolute atomic E-state index is 14.4. The average Bonchev–Trinajstić information content (AvgIpc) is 1.65. The van der Waals surface area contributed by atoms with Gasteiger partial charge in [-0.3, -0.25) is 91.1 Å². The van der Waals surface area contributed by atoms with Gasteiger partial charge in [0, 0.05) is 123 Å². The van der Waals surface area contributed by atoms with E-state index in [-0.39, 0.29) is 167 Å². The first-order valence-electron chi connectivity index (χ1n) is 44.3. The molecule has 0 aromatic carbocycles. The molecule has 0 bridgehead atoms. The summed E-state index contributed by atoms with van der Waals surface area (Å²) in [5.74, 6) is -14.9. The SMILES string of the molecule is O=C(CNC(=O)[C@@H]1CCCN1C(=O)[C@@H]1C[C@@H](O)CN1C(=O)CNC(=O)[C@@H]1CCCN1C(=O)[C@@H]1C[C@@H](O)CN1C(=O)CNC(=O)[C@@H]1CCCN1C(=O)[C@@H]1C[C@@H](O)CN1)N[C@@H](CS)C(=O)N1CCC[C@H]1C(=O)NCC(=O)N1C[C@H](O)C[C@H]1C(=O)N1CCC[C@H]1C(=O)NCC(=O)N1C[C@H](O)C[C@H]1C(=O)N1CCC[C@H]1C(=O)NCC(=O)N1C[C@H](O)C[C@H]1C(=O)N1CCC[C@H]1C(=O)O. The molecule has 13 saturated heterocycles. The number of carboxylic acid groups (broad SMARTS) is 1. The van der Waals surface area contributed by atoms with Gasteiger partial charge >= 0.3 is 5.97 Å². The summed E-state index contributed by atoms with van der Waals surface area (Å²) < 4.78 is 0. The Balaban J connectivity index is 0.526. The number of carbonyl (C=O) groups is 20. The zero-order valence-corrected chi connectivity index (χ0v) is 71.8. The molecule has 0 aromatic heterocycles. The second-order valence-corrected chi connectivity index (χ2v) is 35.7. The largest absolute Gasteiger partial charge is 0.480 e. The third-order valence-corrected chi connectivity index (χ3v) is 27.4. The van der Waals surface area contributed by atoms with Crippen molar-refractivity contribution >= 4 is 131 Å². The van der Waals surface area contributed by atoms with E-state index in [0.717, 1.165) is 24.5 Å². The van der Waals surface area contributed by atoms with Gasteiger partial charge in [-0.1, -0.05) is 0 Å². The summed E-state index contributed by atoms with van der Waals surface area (Å²) in [6.45, 7) is -4.37. The lowest BCUT2D eigenvalue weighted by Crippen LogP contribution is -2.57. The van der Waals surface area contributed by atoms with E-state index < -0.39 is 273 Å². The number of carboxylic acids is 1. The minimum absolute atomic E-state index is 0.0396. The highest BCUT2D eigenvalue weighted by molar-refractivity contribution is 7.80. The molecule has 704 valence electrons. The smallest absolute Gasteiger partial charge is 0.326 e. The molecule has 19 amide bonds. The van der Waals surface area contributed by atoms with Crippen molar-refractivity contribution in [1.82, 2.24) is 101 Å². The Bertz CT molecular complexity index is 4340. The minimum Gasteiger partial charge on any atom is -0.480 e. The van der Waals surface area contributed by atoms with Crippen LogP contribution in [0.25, 0.3) is 0 Å². The van der Waals surface area contributed by atoms with E-state index in [4.69, 9.17) is 0 Å². The van der Waals surface area contributed by atoms with Gasteiger partial charge in [0.15, 0.2) is 0 Å². The Morgan fingerprint density at radius 3 is 0.773 bits per heavy atom. The van der Waals surface area contributed by atoms with Gasteiger partial charge in [-0.2, -0.15) is 12.6 Å². The number of hydrogen-bond donors (Lipinski definition) is 16. The van der Waals surface area contributed by atoms with Gasteiger partial charge in [0.2, 0.25) is 112 Å². The van der Waals surface area contributed by atoms with E-state index in [1.54, 1.807) is 0 Å². The van der Waals surface area contributed by atoms with Crippen LogP contribution in [0.1, 0.15) is 128 Å². The van der Waals surface area contributed by atoms with Crippen LogP contribution >= 0.6 is 12.6 Å². The fourth-order valence-electron chi connectivity index (χ4n) is 20.6. The third kappa shape index (κ3) is 21.0. The van der Waals surface area contributed by atoms with Gasteiger partial charge in [-0.15, -0.1) is 0 Å². The van der Waals surface area contributed by atoms with Gasteiger partial charge in [0.1, 0.15) is 78.5 Å². The number of hydrogen-bond acceptors (Lipinski definition) is 28. The summed E-state index contributed by atoms with van der Waals surface area (Å²) in [7, 11) is 0. The molecule has 20 atom stereocenters. The molecule has 0 aliphatic carbocycles. The van der Waals surface area contributed by atoms with E-state index in [2.05, 4.69) is 55.2 Å². The Morgan fingerprint density at radius 2 is 0.523 bits per heavy atom. The monoisotopic (exact) mass is 1820 g/mol. The first kappa shape index (κ1) is 95.1. The van der Waals surface area contributed by atoms with Crippen LogP contribution in [-0.2, 0) is 95.9 Å². The second kappa shape index (κ2) is 41.5. The van der Waals surface area contributed by atoms with Crippen LogP contribution in [0.4, 0.5) is 0 Å². The lowest BCUT2D eigenvalue weighted by Gasteiger charge is -2.32. The minimum atomic E-state index is -1.35. The number of β-amino-alcohol motifs (C(OH)–C–C–N with tert-alkyl or cyclic N) is 6. The molecule has 128 heavy (non-hydrogen) atoms. The van der Waals surface area contributed by atoms with Gasteiger partial charge in [-0.05, 0) is 96.3 Å². The van der Waals surface area contributed by atoms with Crippen molar-refractivity contribution in [3.63, 3.8) is 0 Å². The highest BCUT2D eigenvalue weighted by Crippen LogP contribution is 2.34. The maximum Gasteiger partial charge on any atom is 0.326 e. The molecule has 0 radical (unpaired) electrons. The van der Waals surface area contributed by atoms with E-state index >= 15 is 0 Å². The standard InChI is InChI=1S/C80H116N20O27S/c101-41-22-47(81-28-41)73(119)89-15-1-8-49(89)68(114)83-30-62(108)97-36-43(103)24-57(97)76(122)92-18-4-11-52(92)70(116)85-32-64(110)96-35-42(102)23-56(96)75(121)91-17-3-10-51(91)67(113)82-29-61(107)88-48(40-128)74(120)90-16-2-9-50(90)69(115)84-31-63(109)98-37-44(104)25-58(98)77(123)93-19-5-12-53(93)71(117)86-33-65(111)99-38-45(105)26-59(99)78(124)94-20-6-13-54(94)72(118)87-34-66(112)100-39-46(106)27-60(100)79(125)95-21-7-14-55(95)80(126)127/h41-60,81,101-106,128H,1-40H2,(H,82,113)(H,83,114)(H,84,115)(H,85,116)(H,86,117)(H,87,118)(H,88,107)(H,126,127)/t41-,42-,43-,44-,45-,46-,47+,48+,49+,50+,51+,52+,53+,54+,55+,56+,57+,58+,59+,60+/m1/s1. The molecule has 0 spiro atoms. The Kier molecular flexibility index (Phi) is 30.8. The van der Waals surface area contributed by atoms with E-state index in [1.807, 2.05) is 0 Å². The number of aliphatic hydroxyl groups excluding tert-OH is 6. The van der Waals surface area contributed by atoms with Gasteiger partial charge in [-0.25, -0.2) is 4.79 Å². The Morgan fingerprint density at radius 1 is 0.289 bits per heavy atom. The lowest BCUT2D eigenvalue weighted by molar-refractivity contribution is -0.151. The third-order valence-electron chi connectivity index (χ3n) is 27.0. The van der Waals surface area contributed by atoms with Crippen molar-refractivity contribution in [2.75, 3.05) is 130 Å². The van der Waals surface area contributed by atoms with Crippen LogP contribution in [-0.4, -0.2) is 464 Å². The number of rotatable bonds is 28. The van der Waals surface area contributed by atoms with Crippen molar-refractivity contribution < 1.29 is 132 Å². The maximum atomic E-state index is 14.4. The highest BCUT2D eigenvalue weighted by atomic mass is 32.1. The molecule has 0 unspecified atom stereocenters. The van der Waals surface area contributed by atoms with Crippen molar-refractivity contribution in [1.29, 1.82) is 0 Å². The van der Waals surface area contributed by atoms with Gasteiger partial charge < -0.3 is 137 Å². The Labute approximate surface area is 740 Å².